The van der Waals surface area contributed by atoms with Gasteiger partial charge in [-0.15, -0.1) is 0 Å². The highest BCUT2D eigenvalue weighted by molar-refractivity contribution is 5.77. The van der Waals surface area contributed by atoms with Gasteiger partial charge < -0.3 is 10.1 Å². The van der Waals surface area contributed by atoms with Gasteiger partial charge in [-0.2, -0.15) is 0 Å². The second-order valence-corrected chi connectivity index (χ2v) is 4.89. The number of hydrogen-bond acceptors (Lipinski definition) is 1. The first kappa shape index (κ1) is 11.2. The van der Waals surface area contributed by atoms with E-state index in [-0.39, 0.29) is 5.92 Å². The van der Waals surface area contributed by atoms with Crippen LogP contribution in [0.5, 0.6) is 0 Å². The lowest BCUT2D eigenvalue weighted by atomic mass is 9.85. The van der Waals surface area contributed by atoms with Crippen LogP contribution in [0.1, 0.15) is 48.6 Å². The van der Waals surface area contributed by atoms with Crippen molar-refractivity contribution in [2.24, 2.45) is 5.92 Å². The fraction of sp³-hybridized carbons (Fsp3) is 0.615. The number of H-pyrrole nitrogens is 1. The average Bonchev–Trinajstić information content (AvgIpc) is 2.78. The lowest BCUT2D eigenvalue weighted by Crippen LogP contribution is -2.19. The van der Waals surface area contributed by atoms with E-state index in [1.807, 2.05) is 19.9 Å². The molecule has 3 heteroatoms. The fourth-order valence-corrected chi connectivity index (χ4v) is 2.95. The monoisotopic (exact) mass is 221 g/mol. The Morgan fingerprint density at radius 3 is 2.50 bits per heavy atom. The third kappa shape index (κ3) is 1.99. The molecule has 0 radical (unpaired) electrons. The van der Waals surface area contributed by atoms with Crippen LogP contribution in [0.25, 0.3) is 0 Å². The standard InChI is InChI=1S/C13H19NO2/c1-8-7-11(9(2)14-8)12(13(15)16)10-5-3-4-6-10/h7,10,12,14H,3-6H2,1-2H3,(H,15,16). The molecule has 0 amide bonds. The molecule has 1 aromatic rings. The molecule has 2 N–H and O–H groups in total. The van der Waals surface area contributed by atoms with Crippen molar-refractivity contribution in [2.45, 2.75) is 45.4 Å². The summed E-state index contributed by atoms with van der Waals surface area (Å²) in [7, 11) is 0. The molecule has 0 aliphatic heterocycles. The second-order valence-electron chi connectivity index (χ2n) is 4.89. The van der Waals surface area contributed by atoms with Gasteiger partial charge in [0.15, 0.2) is 0 Å². The quantitative estimate of drug-likeness (QED) is 0.824. The first-order valence-corrected chi connectivity index (χ1v) is 5.98. The summed E-state index contributed by atoms with van der Waals surface area (Å²) < 4.78 is 0. The predicted octanol–water partition coefficient (Wildman–Crippen LogP) is 2.99. The summed E-state index contributed by atoms with van der Waals surface area (Å²) in [6.07, 6.45) is 4.47. The van der Waals surface area contributed by atoms with Crippen LogP contribution in [0.4, 0.5) is 0 Å². The highest BCUT2D eigenvalue weighted by atomic mass is 16.4. The lowest BCUT2D eigenvalue weighted by molar-refractivity contribution is -0.140. The molecule has 1 fully saturated rings. The SMILES string of the molecule is Cc1cc(C(C(=O)O)C2CCCC2)c(C)[nH]1. The van der Waals surface area contributed by atoms with Crippen molar-refractivity contribution in [3.63, 3.8) is 0 Å². The molecule has 2 rings (SSSR count). The zero-order chi connectivity index (χ0) is 11.7. The second kappa shape index (κ2) is 4.32. The molecule has 1 atom stereocenters. The molecule has 1 aromatic heterocycles. The van der Waals surface area contributed by atoms with Crippen LogP contribution in [0.15, 0.2) is 6.07 Å². The Bertz CT molecular complexity index is 389. The van der Waals surface area contributed by atoms with Gasteiger partial charge in [0.25, 0.3) is 0 Å². The average molecular weight is 221 g/mol. The molecule has 0 aromatic carbocycles. The van der Waals surface area contributed by atoms with Gasteiger partial charge in [-0.3, -0.25) is 4.79 Å². The third-order valence-electron chi connectivity index (χ3n) is 3.66. The Morgan fingerprint density at radius 1 is 1.44 bits per heavy atom. The molecule has 1 aliphatic rings. The Kier molecular flexibility index (Phi) is 3.03. The van der Waals surface area contributed by atoms with Gasteiger partial charge in [0.05, 0.1) is 5.92 Å². The van der Waals surface area contributed by atoms with Gasteiger partial charge in [0.1, 0.15) is 0 Å². The number of aryl methyl sites for hydroxylation is 2. The van der Waals surface area contributed by atoms with Gasteiger partial charge in [-0.05, 0) is 44.2 Å². The molecule has 3 nitrogen and oxygen atoms in total. The highest BCUT2D eigenvalue weighted by Crippen LogP contribution is 2.38. The summed E-state index contributed by atoms with van der Waals surface area (Å²) in [6.45, 7) is 3.94. The summed E-state index contributed by atoms with van der Waals surface area (Å²) in [5.41, 5.74) is 3.05. The first-order chi connectivity index (χ1) is 7.59. The van der Waals surface area contributed by atoms with E-state index in [1.165, 1.54) is 12.8 Å². The number of carboxylic acid groups (broad SMARTS) is 1. The van der Waals surface area contributed by atoms with Crippen molar-refractivity contribution in [1.82, 2.24) is 4.98 Å². The molecule has 1 unspecified atom stereocenters. The van der Waals surface area contributed by atoms with Crippen LogP contribution >= 0.6 is 0 Å². The Hall–Kier alpha value is -1.25. The van der Waals surface area contributed by atoms with Crippen LogP contribution in [-0.2, 0) is 4.79 Å². The Morgan fingerprint density at radius 2 is 2.06 bits per heavy atom. The molecule has 0 saturated heterocycles. The van der Waals surface area contributed by atoms with Gasteiger partial charge in [-0.25, -0.2) is 0 Å². The van der Waals surface area contributed by atoms with E-state index in [2.05, 4.69) is 4.98 Å². The molecular formula is C13H19NO2. The van der Waals surface area contributed by atoms with E-state index in [1.54, 1.807) is 0 Å². The first-order valence-electron chi connectivity index (χ1n) is 5.98. The predicted molar refractivity (Wildman–Crippen MR) is 62.6 cm³/mol. The highest BCUT2D eigenvalue weighted by Gasteiger charge is 2.33. The van der Waals surface area contributed by atoms with E-state index in [0.717, 1.165) is 29.8 Å². The van der Waals surface area contributed by atoms with Crippen LogP contribution in [0.2, 0.25) is 0 Å². The van der Waals surface area contributed by atoms with Crippen LogP contribution in [0, 0.1) is 19.8 Å². The maximum absolute atomic E-state index is 11.4. The summed E-state index contributed by atoms with van der Waals surface area (Å²) in [5.74, 6) is -0.659. The Balaban J connectivity index is 2.31. The number of aromatic amines is 1. The molecule has 1 heterocycles. The van der Waals surface area contributed by atoms with Crippen LogP contribution in [-0.4, -0.2) is 16.1 Å². The summed E-state index contributed by atoms with van der Waals surface area (Å²) in [6, 6.07) is 1.99. The number of carbonyl (C=O) groups is 1. The minimum Gasteiger partial charge on any atom is -0.481 e. The summed E-state index contributed by atoms with van der Waals surface area (Å²) in [4.78, 5) is 14.6. The number of aliphatic carboxylic acids is 1. The maximum atomic E-state index is 11.4. The van der Waals surface area contributed by atoms with Crippen molar-refractivity contribution in [3.05, 3.63) is 23.0 Å². The summed E-state index contributed by atoms with van der Waals surface area (Å²) >= 11 is 0. The number of carboxylic acids is 1. The van der Waals surface area contributed by atoms with E-state index < -0.39 is 5.97 Å². The van der Waals surface area contributed by atoms with E-state index >= 15 is 0 Å². The normalized spacial score (nSPS) is 18.9. The lowest BCUT2D eigenvalue weighted by Gasteiger charge is -2.19. The molecule has 0 spiro atoms. The minimum absolute atomic E-state index is 0.313. The third-order valence-corrected chi connectivity index (χ3v) is 3.66. The van der Waals surface area contributed by atoms with E-state index in [9.17, 15) is 9.90 Å². The molecular weight excluding hydrogens is 202 g/mol. The zero-order valence-corrected chi connectivity index (χ0v) is 9.92. The van der Waals surface area contributed by atoms with Crippen molar-refractivity contribution in [3.8, 4) is 0 Å². The summed E-state index contributed by atoms with van der Waals surface area (Å²) in [5, 5.41) is 9.41. The number of aromatic nitrogens is 1. The molecule has 1 saturated carbocycles. The zero-order valence-electron chi connectivity index (χ0n) is 9.92. The van der Waals surface area contributed by atoms with Crippen LogP contribution < -0.4 is 0 Å². The minimum atomic E-state index is -0.672. The van der Waals surface area contributed by atoms with Crippen LogP contribution in [0.3, 0.4) is 0 Å². The van der Waals surface area contributed by atoms with Gasteiger partial charge in [0, 0.05) is 11.4 Å². The number of hydrogen-bond donors (Lipinski definition) is 2. The van der Waals surface area contributed by atoms with E-state index in [4.69, 9.17) is 0 Å². The smallest absolute Gasteiger partial charge is 0.311 e. The molecule has 16 heavy (non-hydrogen) atoms. The fourth-order valence-electron chi connectivity index (χ4n) is 2.95. The van der Waals surface area contributed by atoms with Gasteiger partial charge in [0.2, 0.25) is 0 Å². The Labute approximate surface area is 95.9 Å². The molecule has 88 valence electrons. The van der Waals surface area contributed by atoms with Gasteiger partial charge >= 0.3 is 5.97 Å². The van der Waals surface area contributed by atoms with Crippen molar-refractivity contribution < 1.29 is 9.90 Å². The number of nitrogens with one attached hydrogen (secondary N) is 1. The van der Waals surface area contributed by atoms with Crippen molar-refractivity contribution in [2.75, 3.05) is 0 Å². The molecule has 0 bridgehead atoms. The maximum Gasteiger partial charge on any atom is 0.311 e. The van der Waals surface area contributed by atoms with Crippen molar-refractivity contribution in [1.29, 1.82) is 0 Å². The largest absolute Gasteiger partial charge is 0.481 e. The van der Waals surface area contributed by atoms with Crippen molar-refractivity contribution >= 4 is 5.97 Å². The topological polar surface area (TPSA) is 53.1 Å². The van der Waals surface area contributed by atoms with E-state index in [0.29, 0.717) is 5.92 Å². The molecule has 1 aliphatic carbocycles. The number of rotatable bonds is 3. The van der Waals surface area contributed by atoms with Gasteiger partial charge in [-0.1, -0.05) is 12.8 Å².